The van der Waals surface area contributed by atoms with Gasteiger partial charge in [-0.1, -0.05) is 214 Å². The summed E-state index contributed by atoms with van der Waals surface area (Å²) in [5, 5.41) is 23.7. The fourth-order valence-corrected chi connectivity index (χ4v) is 7.16. The second-order valence-corrected chi connectivity index (χ2v) is 17.2. The standard InChI is InChI=1S/C58H97NO5/c1-4-7-10-13-16-19-22-24-26-28-30-32-35-37-40-43-46-49-54(52-57(62)59-55(53-60)56(61)50-47-44-41-38-34-21-18-15-12-9-6-3)64-58(63)51-48-45-42-39-36-33-31-29-27-25-23-20-17-14-11-8-5-2/h8,11,16-17,19-20,24-27,30-33,37,39-40,42,54-56,60-61H,4-7,9-10,12-15,18,21-23,28-29,34-36,38,41,43-53H2,1-3H3,(H,59,62)/b11-8-,19-16-,20-17-,26-24-,27-25-,32-30-,33-31-,40-37-,42-39-. The Morgan fingerprint density at radius 2 is 0.859 bits per heavy atom. The molecule has 0 aliphatic heterocycles. The van der Waals surface area contributed by atoms with Crippen molar-refractivity contribution in [3.63, 3.8) is 0 Å². The van der Waals surface area contributed by atoms with Gasteiger partial charge >= 0.3 is 5.97 Å². The van der Waals surface area contributed by atoms with Crippen molar-refractivity contribution < 1.29 is 24.5 Å². The third kappa shape index (κ3) is 45.1. The molecule has 1 amide bonds. The molecule has 0 aromatic carbocycles. The minimum absolute atomic E-state index is 0.0107. The molecule has 3 atom stereocenters. The van der Waals surface area contributed by atoms with Crippen LogP contribution in [-0.2, 0) is 14.3 Å². The van der Waals surface area contributed by atoms with E-state index in [4.69, 9.17) is 4.74 Å². The van der Waals surface area contributed by atoms with Gasteiger partial charge in [-0.15, -0.1) is 0 Å². The lowest BCUT2D eigenvalue weighted by molar-refractivity contribution is -0.151. The molecule has 0 saturated heterocycles. The Kier molecular flexibility index (Phi) is 47.8. The molecule has 3 N–H and O–H groups in total. The van der Waals surface area contributed by atoms with Gasteiger partial charge in [0.1, 0.15) is 6.10 Å². The van der Waals surface area contributed by atoms with Crippen LogP contribution < -0.4 is 5.32 Å². The van der Waals surface area contributed by atoms with Crippen molar-refractivity contribution in [3.8, 4) is 0 Å². The van der Waals surface area contributed by atoms with E-state index in [0.717, 1.165) is 89.9 Å². The molecule has 364 valence electrons. The highest BCUT2D eigenvalue weighted by molar-refractivity contribution is 5.77. The maximum atomic E-state index is 13.2. The van der Waals surface area contributed by atoms with Crippen molar-refractivity contribution in [1.82, 2.24) is 5.32 Å². The van der Waals surface area contributed by atoms with Gasteiger partial charge in [-0.3, -0.25) is 9.59 Å². The number of aliphatic hydroxyl groups is 2. The topological polar surface area (TPSA) is 95.9 Å². The highest BCUT2D eigenvalue weighted by Crippen LogP contribution is 2.16. The summed E-state index contributed by atoms with van der Waals surface area (Å²) in [6.45, 7) is 6.29. The fraction of sp³-hybridized carbons (Fsp3) is 0.655. The quantitative estimate of drug-likeness (QED) is 0.0322. The molecule has 0 rings (SSSR count). The molecule has 0 aromatic rings. The molecule has 64 heavy (non-hydrogen) atoms. The Morgan fingerprint density at radius 1 is 0.469 bits per heavy atom. The lowest BCUT2D eigenvalue weighted by atomic mass is 10.0. The minimum Gasteiger partial charge on any atom is -0.462 e. The Bertz CT molecular complexity index is 1320. The van der Waals surface area contributed by atoms with Crippen LogP contribution in [0.15, 0.2) is 109 Å². The Hall–Kier alpha value is -3.48. The number of esters is 1. The summed E-state index contributed by atoms with van der Waals surface area (Å²) in [6, 6.07) is -0.737. The summed E-state index contributed by atoms with van der Waals surface area (Å²) >= 11 is 0. The number of hydrogen-bond acceptors (Lipinski definition) is 5. The number of ether oxygens (including phenoxy) is 1. The predicted molar refractivity (Wildman–Crippen MR) is 277 cm³/mol. The number of unbranched alkanes of at least 4 members (excludes halogenated alkanes) is 15. The van der Waals surface area contributed by atoms with Crippen molar-refractivity contribution in [2.24, 2.45) is 0 Å². The first-order chi connectivity index (χ1) is 31.5. The fourth-order valence-electron chi connectivity index (χ4n) is 7.16. The zero-order chi connectivity index (χ0) is 46.7. The van der Waals surface area contributed by atoms with E-state index in [9.17, 15) is 19.8 Å². The average Bonchev–Trinajstić information content (AvgIpc) is 3.29. The highest BCUT2D eigenvalue weighted by Gasteiger charge is 2.24. The Labute approximate surface area is 394 Å². The van der Waals surface area contributed by atoms with E-state index in [2.05, 4.69) is 135 Å². The first kappa shape index (κ1) is 60.5. The van der Waals surface area contributed by atoms with Gasteiger partial charge in [-0.2, -0.15) is 0 Å². The van der Waals surface area contributed by atoms with Crippen LogP contribution in [0.2, 0.25) is 0 Å². The number of allylic oxidation sites excluding steroid dienone is 18. The van der Waals surface area contributed by atoms with Crippen molar-refractivity contribution in [3.05, 3.63) is 109 Å². The zero-order valence-electron chi connectivity index (χ0n) is 41.4. The SMILES string of the molecule is CC/C=C\C/C=C\C/C=C\C/C=C\C/C=C\CCCC(=O)OC(CCC/C=C\C/C=C\C/C=C\C/C=C\CCCCC)CC(=O)NC(CO)C(O)CCCCCCCCCCCCC. The van der Waals surface area contributed by atoms with Gasteiger partial charge in [-0.05, 0) is 103 Å². The smallest absolute Gasteiger partial charge is 0.306 e. The largest absolute Gasteiger partial charge is 0.462 e. The van der Waals surface area contributed by atoms with E-state index in [-0.39, 0.29) is 24.9 Å². The summed E-state index contributed by atoms with van der Waals surface area (Å²) in [4.78, 5) is 26.1. The first-order valence-corrected chi connectivity index (χ1v) is 26.1. The number of rotatable bonds is 45. The van der Waals surface area contributed by atoms with Crippen LogP contribution in [0.4, 0.5) is 0 Å². The maximum Gasteiger partial charge on any atom is 0.306 e. The molecule has 0 spiro atoms. The van der Waals surface area contributed by atoms with Crippen LogP contribution in [0.25, 0.3) is 0 Å². The van der Waals surface area contributed by atoms with Crippen LogP contribution in [0.1, 0.15) is 220 Å². The zero-order valence-corrected chi connectivity index (χ0v) is 41.4. The van der Waals surface area contributed by atoms with Gasteiger partial charge < -0.3 is 20.3 Å². The third-order valence-corrected chi connectivity index (χ3v) is 11.1. The molecule has 0 aliphatic carbocycles. The number of amides is 1. The number of carbonyl (C=O) groups is 2. The molecule has 0 fully saturated rings. The number of aliphatic hydroxyl groups excluding tert-OH is 2. The molecule has 0 bridgehead atoms. The average molecular weight is 888 g/mol. The Balaban J connectivity index is 4.82. The number of carbonyl (C=O) groups excluding carboxylic acids is 2. The summed E-state index contributed by atoms with van der Waals surface area (Å²) in [5.74, 6) is -0.607. The van der Waals surface area contributed by atoms with Gasteiger partial charge in [0, 0.05) is 6.42 Å². The summed E-state index contributed by atoms with van der Waals surface area (Å²) in [7, 11) is 0. The van der Waals surface area contributed by atoms with Crippen LogP contribution in [0.5, 0.6) is 0 Å². The van der Waals surface area contributed by atoms with E-state index in [1.54, 1.807) is 0 Å². The van der Waals surface area contributed by atoms with Crippen molar-refractivity contribution in [2.75, 3.05) is 6.61 Å². The van der Waals surface area contributed by atoms with Crippen LogP contribution >= 0.6 is 0 Å². The molecule has 0 saturated carbocycles. The molecule has 6 heteroatoms. The number of nitrogens with one attached hydrogen (secondary N) is 1. The lowest BCUT2D eigenvalue weighted by Crippen LogP contribution is -2.46. The number of hydrogen-bond donors (Lipinski definition) is 3. The molecular formula is C58H97NO5. The van der Waals surface area contributed by atoms with Crippen molar-refractivity contribution >= 4 is 11.9 Å². The molecule has 0 radical (unpaired) electrons. The van der Waals surface area contributed by atoms with Gasteiger partial charge in [-0.25, -0.2) is 0 Å². The normalized spacial score (nSPS) is 14.1. The van der Waals surface area contributed by atoms with Gasteiger partial charge in [0.15, 0.2) is 0 Å². The second kappa shape index (κ2) is 50.5. The molecule has 6 nitrogen and oxygen atoms in total. The summed E-state index contributed by atoms with van der Waals surface area (Å²) in [6.07, 6.45) is 68.7. The van der Waals surface area contributed by atoms with Crippen LogP contribution in [0, 0.1) is 0 Å². The Morgan fingerprint density at radius 3 is 1.31 bits per heavy atom. The van der Waals surface area contributed by atoms with Crippen LogP contribution in [-0.4, -0.2) is 46.9 Å². The molecule has 0 aromatic heterocycles. The monoisotopic (exact) mass is 888 g/mol. The molecular weight excluding hydrogens is 791 g/mol. The van der Waals surface area contributed by atoms with Crippen molar-refractivity contribution in [1.29, 1.82) is 0 Å². The first-order valence-electron chi connectivity index (χ1n) is 26.1. The lowest BCUT2D eigenvalue weighted by Gasteiger charge is -2.24. The molecule has 0 aliphatic rings. The predicted octanol–water partition coefficient (Wildman–Crippen LogP) is 15.9. The summed E-state index contributed by atoms with van der Waals surface area (Å²) < 4.78 is 5.88. The van der Waals surface area contributed by atoms with E-state index in [0.29, 0.717) is 25.7 Å². The van der Waals surface area contributed by atoms with E-state index in [1.165, 1.54) is 77.0 Å². The van der Waals surface area contributed by atoms with E-state index >= 15 is 0 Å². The van der Waals surface area contributed by atoms with E-state index in [1.807, 2.05) is 0 Å². The van der Waals surface area contributed by atoms with Gasteiger partial charge in [0.2, 0.25) is 5.91 Å². The van der Waals surface area contributed by atoms with Crippen LogP contribution in [0.3, 0.4) is 0 Å². The summed E-state index contributed by atoms with van der Waals surface area (Å²) in [5.41, 5.74) is 0. The van der Waals surface area contributed by atoms with Gasteiger partial charge in [0.25, 0.3) is 0 Å². The maximum absolute atomic E-state index is 13.2. The minimum atomic E-state index is -0.818. The van der Waals surface area contributed by atoms with Crippen molar-refractivity contribution in [2.45, 2.75) is 238 Å². The third-order valence-electron chi connectivity index (χ3n) is 11.1. The van der Waals surface area contributed by atoms with E-state index < -0.39 is 18.2 Å². The molecule has 0 heterocycles. The molecule has 3 unspecified atom stereocenters. The highest BCUT2D eigenvalue weighted by atomic mass is 16.5. The second-order valence-electron chi connectivity index (χ2n) is 17.2. The van der Waals surface area contributed by atoms with Gasteiger partial charge in [0.05, 0.1) is 25.2 Å².